The van der Waals surface area contributed by atoms with Crippen molar-refractivity contribution in [3.8, 4) is 0 Å². The van der Waals surface area contributed by atoms with Crippen LogP contribution >= 0.6 is 0 Å². The molecule has 0 atom stereocenters. The van der Waals surface area contributed by atoms with Gasteiger partial charge in [-0.25, -0.2) is 4.98 Å². The first-order valence-corrected chi connectivity index (χ1v) is 4.93. The molecule has 1 N–H and O–H groups in total. The number of nitrogens with zero attached hydrogens (tertiary/aromatic N) is 2. The molecule has 3 nitrogen and oxygen atoms in total. The van der Waals surface area contributed by atoms with E-state index in [9.17, 15) is 5.11 Å². The SMILES string of the molecule is C=Cc1ccc(N2CC(O)C2)nc1C=C. The van der Waals surface area contributed by atoms with Crippen molar-refractivity contribution in [3.05, 3.63) is 36.5 Å². The van der Waals surface area contributed by atoms with E-state index in [1.807, 2.05) is 17.0 Å². The Balaban J connectivity index is 2.27. The molecule has 1 aliphatic rings. The van der Waals surface area contributed by atoms with Gasteiger partial charge in [0.05, 0.1) is 11.8 Å². The van der Waals surface area contributed by atoms with Crippen molar-refractivity contribution in [1.82, 2.24) is 4.98 Å². The number of hydrogen-bond acceptors (Lipinski definition) is 3. The van der Waals surface area contributed by atoms with Gasteiger partial charge in [-0.1, -0.05) is 19.2 Å². The molecule has 0 saturated carbocycles. The molecule has 0 radical (unpaired) electrons. The molecule has 3 heteroatoms. The van der Waals surface area contributed by atoms with Gasteiger partial charge in [0.15, 0.2) is 0 Å². The third-order valence-corrected chi connectivity index (χ3v) is 2.54. The molecule has 0 aliphatic carbocycles. The second-order valence-electron chi connectivity index (χ2n) is 3.61. The van der Waals surface area contributed by atoms with E-state index in [4.69, 9.17) is 0 Å². The van der Waals surface area contributed by atoms with E-state index < -0.39 is 0 Å². The molecule has 0 unspecified atom stereocenters. The summed E-state index contributed by atoms with van der Waals surface area (Å²) in [5, 5.41) is 9.20. The normalized spacial score (nSPS) is 15.9. The highest BCUT2D eigenvalue weighted by Gasteiger charge is 2.25. The Hall–Kier alpha value is -1.61. The molecule has 0 amide bonds. The van der Waals surface area contributed by atoms with Gasteiger partial charge in [0.1, 0.15) is 5.82 Å². The number of aromatic nitrogens is 1. The number of pyridine rings is 1. The number of rotatable bonds is 3. The number of anilines is 1. The zero-order valence-corrected chi connectivity index (χ0v) is 8.56. The third-order valence-electron chi connectivity index (χ3n) is 2.54. The van der Waals surface area contributed by atoms with E-state index >= 15 is 0 Å². The van der Waals surface area contributed by atoms with Crippen LogP contribution in [0.5, 0.6) is 0 Å². The minimum Gasteiger partial charge on any atom is -0.389 e. The summed E-state index contributed by atoms with van der Waals surface area (Å²) in [6.45, 7) is 8.77. The van der Waals surface area contributed by atoms with Crippen molar-refractivity contribution >= 4 is 18.0 Å². The van der Waals surface area contributed by atoms with Crippen LogP contribution < -0.4 is 4.90 Å². The predicted molar refractivity (Wildman–Crippen MR) is 62.6 cm³/mol. The molecule has 15 heavy (non-hydrogen) atoms. The van der Waals surface area contributed by atoms with E-state index in [1.54, 1.807) is 12.2 Å². The molecule has 0 bridgehead atoms. The number of aliphatic hydroxyl groups excluding tert-OH is 1. The lowest BCUT2D eigenvalue weighted by Crippen LogP contribution is -2.51. The first kappa shape index (κ1) is 9.93. The molecular weight excluding hydrogens is 188 g/mol. The molecule has 1 aromatic rings. The molecule has 1 saturated heterocycles. The third kappa shape index (κ3) is 1.78. The first-order valence-electron chi connectivity index (χ1n) is 4.93. The monoisotopic (exact) mass is 202 g/mol. The molecule has 1 fully saturated rings. The fourth-order valence-corrected chi connectivity index (χ4v) is 1.63. The van der Waals surface area contributed by atoms with E-state index in [-0.39, 0.29) is 6.10 Å². The molecule has 0 spiro atoms. The van der Waals surface area contributed by atoms with Crippen molar-refractivity contribution in [2.45, 2.75) is 6.10 Å². The van der Waals surface area contributed by atoms with Gasteiger partial charge in [-0.05, 0) is 23.8 Å². The van der Waals surface area contributed by atoms with Crippen molar-refractivity contribution in [2.75, 3.05) is 18.0 Å². The molecule has 1 aliphatic heterocycles. The molecule has 0 aromatic carbocycles. The van der Waals surface area contributed by atoms with Gasteiger partial charge in [0.2, 0.25) is 0 Å². The summed E-state index contributed by atoms with van der Waals surface area (Å²) in [5.74, 6) is 0.890. The Morgan fingerprint density at radius 2 is 2.07 bits per heavy atom. The second-order valence-corrected chi connectivity index (χ2v) is 3.61. The summed E-state index contributed by atoms with van der Waals surface area (Å²) in [6, 6.07) is 3.91. The fourth-order valence-electron chi connectivity index (χ4n) is 1.63. The molecule has 2 heterocycles. The Bertz CT molecular complexity index is 395. The quantitative estimate of drug-likeness (QED) is 0.807. The van der Waals surface area contributed by atoms with Gasteiger partial charge >= 0.3 is 0 Å². The van der Waals surface area contributed by atoms with Crippen LogP contribution in [0.3, 0.4) is 0 Å². The van der Waals surface area contributed by atoms with Crippen LogP contribution in [0.4, 0.5) is 5.82 Å². The number of aliphatic hydroxyl groups is 1. The maximum absolute atomic E-state index is 9.20. The van der Waals surface area contributed by atoms with Crippen molar-refractivity contribution in [2.24, 2.45) is 0 Å². The van der Waals surface area contributed by atoms with Gasteiger partial charge in [0, 0.05) is 13.1 Å². The summed E-state index contributed by atoms with van der Waals surface area (Å²) in [7, 11) is 0. The first-order chi connectivity index (χ1) is 7.24. The van der Waals surface area contributed by atoms with Crippen LogP contribution in [0.25, 0.3) is 12.2 Å². The lowest BCUT2D eigenvalue weighted by molar-refractivity contribution is 0.141. The lowest BCUT2D eigenvalue weighted by Gasteiger charge is -2.37. The van der Waals surface area contributed by atoms with Crippen LogP contribution in [0.1, 0.15) is 11.3 Å². The van der Waals surface area contributed by atoms with Crippen molar-refractivity contribution in [3.63, 3.8) is 0 Å². The van der Waals surface area contributed by atoms with Gasteiger partial charge in [-0.15, -0.1) is 0 Å². The smallest absolute Gasteiger partial charge is 0.129 e. The van der Waals surface area contributed by atoms with Gasteiger partial charge in [-0.2, -0.15) is 0 Å². The highest BCUT2D eigenvalue weighted by atomic mass is 16.3. The van der Waals surface area contributed by atoms with Crippen molar-refractivity contribution in [1.29, 1.82) is 0 Å². The largest absolute Gasteiger partial charge is 0.389 e. The summed E-state index contributed by atoms with van der Waals surface area (Å²) >= 11 is 0. The number of hydrogen-bond donors (Lipinski definition) is 1. The van der Waals surface area contributed by atoms with E-state index in [2.05, 4.69) is 18.1 Å². The molecular formula is C12H14N2O. The Kier molecular flexibility index (Phi) is 2.56. The molecule has 2 rings (SSSR count). The average molecular weight is 202 g/mol. The Morgan fingerprint density at radius 1 is 1.33 bits per heavy atom. The van der Waals surface area contributed by atoms with Crippen LogP contribution in [0, 0.1) is 0 Å². The Morgan fingerprint density at radius 3 is 2.60 bits per heavy atom. The maximum atomic E-state index is 9.20. The second kappa shape index (κ2) is 3.87. The lowest BCUT2D eigenvalue weighted by atomic mass is 10.1. The Labute approximate surface area is 89.4 Å². The topological polar surface area (TPSA) is 36.4 Å². The zero-order valence-electron chi connectivity index (χ0n) is 8.56. The van der Waals surface area contributed by atoms with Crippen LogP contribution in [0.15, 0.2) is 25.3 Å². The summed E-state index contributed by atoms with van der Waals surface area (Å²) < 4.78 is 0. The van der Waals surface area contributed by atoms with Crippen LogP contribution in [-0.4, -0.2) is 29.3 Å². The predicted octanol–water partition coefficient (Wildman–Crippen LogP) is 1.55. The van der Waals surface area contributed by atoms with E-state index in [0.717, 1.165) is 17.1 Å². The fraction of sp³-hybridized carbons (Fsp3) is 0.250. The van der Waals surface area contributed by atoms with Gasteiger partial charge in [0.25, 0.3) is 0 Å². The zero-order chi connectivity index (χ0) is 10.8. The molecule has 78 valence electrons. The van der Waals surface area contributed by atoms with Crippen molar-refractivity contribution < 1.29 is 5.11 Å². The van der Waals surface area contributed by atoms with E-state index in [1.165, 1.54) is 0 Å². The van der Waals surface area contributed by atoms with Gasteiger partial charge < -0.3 is 10.0 Å². The standard InChI is InChI=1S/C12H14N2O/c1-3-9-5-6-12(13-11(9)4-2)14-7-10(15)8-14/h3-6,10,15H,1-2,7-8H2. The van der Waals surface area contributed by atoms with Gasteiger partial charge in [-0.3, -0.25) is 0 Å². The highest BCUT2D eigenvalue weighted by Crippen LogP contribution is 2.21. The minimum atomic E-state index is -0.210. The summed E-state index contributed by atoms with van der Waals surface area (Å²) in [5.41, 5.74) is 1.82. The summed E-state index contributed by atoms with van der Waals surface area (Å²) in [6.07, 6.45) is 3.27. The average Bonchev–Trinajstić information content (AvgIpc) is 2.24. The highest BCUT2D eigenvalue weighted by molar-refractivity contribution is 5.63. The maximum Gasteiger partial charge on any atom is 0.129 e. The van der Waals surface area contributed by atoms with E-state index in [0.29, 0.717) is 13.1 Å². The van der Waals surface area contributed by atoms with Crippen LogP contribution in [-0.2, 0) is 0 Å². The number of β-amino-alcohol motifs (C(OH)–C–C–N with tert-alkyl or cyclic N) is 1. The molecule has 1 aromatic heterocycles. The summed E-state index contributed by atoms with van der Waals surface area (Å²) in [4.78, 5) is 6.48. The minimum absolute atomic E-state index is 0.210. The van der Waals surface area contributed by atoms with Crippen LogP contribution in [0.2, 0.25) is 0 Å².